The molecule has 0 aliphatic rings. The number of carbonyl (C=O) groups is 2. The van der Waals surface area contributed by atoms with E-state index in [2.05, 4.69) is 20.8 Å². The monoisotopic (exact) mass is 679 g/mol. The zero-order valence-corrected chi connectivity index (χ0v) is 33.3. The Morgan fingerprint density at radius 3 is 0.979 bits per heavy atom. The summed E-state index contributed by atoms with van der Waals surface area (Å²) >= 11 is 0. The lowest BCUT2D eigenvalue weighted by atomic mass is 10.1. The molecule has 1 N–H and O–H groups in total. The van der Waals surface area contributed by atoms with Crippen LogP contribution in [0.1, 0.15) is 227 Å². The van der Waals surface area contributed by atoms with Crippen LogP contribution in [0.25, 0.3) is 0 Å². The second-order valence-electron chi connectivity index (χ2n) is 14.8. The Balaban J connectivity index is 5.12. The molecule has 4 nitrogen and oxygen atoms in total. The van der Waals surface area contributed by atoms with Crippen molar-refractivity contribution in [1.82, 2.24) is 0 Å². The number of hydrogen-bond donors (Lipinski definition) is 1. The van der Waals surface area contributed by atoms with Gasteiger partial charge in [-0.2, -0.15) is 0 Å². The summed E-state index contributed by atoms with van der Waals surface area (Å²) in [7, 11) is -2.26. The minimum Gasteiger partial charge on any atom is -0.519 e. The molecule has 0 heterocycles. The lowest BCUT2D eigenvalue weighted by Gasteiger charge is -2.32. The Morgan fingerprint density at radius 2 is 0.723 bits per heavy atom. The van der Waals surface area contributed by atoms with Gasteiger partial charge in [-0.15, -0.1) is 0 Å². The molecule has 0 fully saturated rings. The van der Waals surface area contributed by atoms with E-state index >= 15 is 0 Å². The van der Waals surface area contributed by atoms with Gasteiger partial charge in [-0.05, 0) is 25.1 Å². The number of carboxylic acid groups (broad SMARTS) is 1. The number of unbranched alkanes of at least 4 members (excludes halogenated alkanes) is 27. The molecular formula is C42H82O4Si. The quantitative estimate of drug-likeness (QED) is 0.0403. The van der Waals surface area contributed by atoms with Crippen molar-refractivity contribution in [3.8, 4) is 0 Å². The first kappa shape index (κ1) is 45.9. The molecule has 0 rings (SSSR count). The van der Waals surface area contributed by atoms with Crippen molar-refractivity contribution in [2.45, 2.75) is 245 Å². The smallest absolute Gasteiger partial charge is 0.330 e. The number of hydrogen-bond acceptors (Lipinski definition) is 3. The first-order valence-electron chi connectivity index (χ1n) is 21.0. The second-order valence-corrected chi connectivity index (χ2v) is 18.9. The summed E-state index contributed by atoms with van der Waals surface area (Å²) in [4.78, 5) is 24.5. The van der Waals surface area contributed by atoms with Crippen LogP contribution in [0.3, 0.4) is 0 Å². The topological polar surface area (TPSA) is 63.6 Å². The van der Waals surface area contributed by atoms with Gasteiger partial charge < -0.3 is 9.53 Å². The lowest BCUT2D eigenvalue weighted by Crippen LogP contribution is -2.40. The third-order valence-electron chi connectivity index (χ3n) is 10.2. The summed E-state index contributed by atoms with van der Waals surface area (Å²) in [6, 6.07) is 3.27. The standard InChI is InChI=1S/C42H82O4Si/c1-5-8-11-14-17-20-23-26-29-32-37-47(46-41(43)36-35-40(4)42(44)45,38-33-30-27-24-21-18-15-12-9-6-2)39-34-31-28-25-22-19-16-13-10-7-3/h35H,5-34,36-39H2,1-4H3,(H,44,45). The molecule has 0 atom stereocenters. The first-order valence-corrected chi connectivity index (χ1v) is 23.6. The third kappa shape index (κ3) is 30.7. The van der Waals surface area contributed by atoms with Gasteiger partial charge in [0.1, 0.15) is 0 Å². The fourth-order valence-electron chi connectivity index (χ4n) is 6.94. The predicted octanol–water partition coefficient (Wildman–Crippen LogP) is 14.7. The van der Waals surface area contributed by atoms with E-state index in [9.17, 15) is 14.7 Å². The van der Waals surface area contributed by atoms with E-state index in [4.69, 9.17) is 4.43 Å². The first-order chi connectivity index (χ1) is 22.9. The molecule has 0 aromatic carbocycles. The Labute approximate surface area is 295 Å². The van der Waals surface area contributed by atoms with E-state index in [0.29, 0.717) is 0 Å². The maximum absolute atomic E-state index is 13.2. The summed E-state index contributed by atoms with van der Waals surface area (Å²) in [6.07, 6.45) is 41.3. The van der Waals surface area contributed by atoms with Crippen molar-refractivity contribution >= 4 is 20.3 Å². The second kappa shape index (κ2) is 34.7. The molecule has 0 saturated carbocycles. The molecule has 0 aliphatic heterocycles. The van der Waals surface area contributed by atoms with Crippen LogP contribution in [0, 0.1) is 0 Å². The predicted molar refractivity (Wildman–Crippen MR) is 208 cm³/mol. The Morgan fingerprint density at radius 1 is 0.468 bits per heavy atom. The molecular weight excluding hydrogens is 597 g/mol. The molecule has 0 unspecified atom stereocenters. The number of carbonyl (C=O) groups excluding carboxylic acids is 1. The molecule has 278 valence electrons. The molecule has 0 saturated heterocycles. The maximum Gasteiger partial charge on any atom is 0.330 e. The van der Waals surface area contributed by atoms with Gasteiger partial charge in [-0.1, -0.05) is 219 Å². The fraction of sp³-hybridized carbons (Fsp3) is 0.905. The van der Waals surface area contributed by atoms with Crippen molar-refractivity contribution < 1.29 is 19.1 Å². The minimum atomic E-state index is -2.26. The Kier molecular flexibility index (Phi) is 33.9. The van der Waals surface area contributed by atoms with Crippen LogP contribution >= 0.6 is 0 Å². The van der Waals surface area contributed by atoms with Gasteiger partial charge in [0, 0.05) is 5.57 Å². The SMILES string of the molecule is CCCCCCCCCCCC[Si](CCCCCCCCCCCC)(CCCCCCCCCCCC)OC(=O)CC=C(C)C(=O)O. The highest BCUT2D eigenvalue weighted by Gasteiger charge is 2.37. The molecule has 5 heteroatoms. The number of aliphatic carboxylic acids is 1. The van der Waals surface area contributed by atoms with Crippen LogP contribution in [0.4, 0.5) is 0 Å². The third-order valence-corrected chi connectivity index (χ3v) is 14.7. The van der Waals surface area contributed by atoms with Crippen LogP contribution in [-0.4, -0.2) is 25.4 Å². The van der Waals surface area contributed by atoms with Gasteiger partial charge in [0.15, 0.2) is 0 Å². The van der Waals surface area contributed by atoms with Gasteiger partial charge in [0.2, 0.25) is 0 Å². The van der Waals surface area contributed by atoms with Crippen molar-refractivity contribution in [3.63, 3.8) is 0 Å². The van der Waals surface area contributed by atoms with Gasteiger partial charge in [0.05, 0.1) is 6.42 Å². The van der Waals surface area contributed by atoms with Crippen LogP contribution in [-0.2, 0) is 14.0 Å². The van der Waals surface area contributed by atoms with Gasteiger partial charge in [0.25, 0.3) is 14.3 Å². The average molecular weight is 679 g/mol. The van der Waals surface area contributed by atoms with Crippen molar-refractivity contribution in [1.29, 1.82) is 0 Å². The van der Waals surface area contributed by atoms with Crippen LogP contribution in [0.5, 0.6) is 0 Å². The fourth-order valence-corrected chi connectivity index (χ4v) is 11.2. The zero-order chi connectivity index (χ0) is 34.7. The minimum absolute atomic E-state index is 0.0843. The Bertz CT molecular complexity index is 674. The number of rotatable bonds is 37. The van der Waals surface area contributed by atoms with Crippen LogP contribution in [0.15, 0.2) is 11.6 Å². The summed E-state index contributed by atoms with van der Waals surface area (Å²) in [5.74, 6) is -1.15. The molecule has 0 spiro atoms. The molecule has 0 bridgehead atoms. The van der Waals surface area contributed by atoms with E-state index < -0.39 is 14.3 Å². The highest BCUT2D eigenvalue weighted by molar-refractivity contribution is 6.75. The number of carboxylic acids is 1. The molecule has 47 heavy (non-hydrogen) atoms. The average Bonchev–Trinajstić information content (AvgIpc) is 3.06. The molecule has 0 amide bonds. The largest absolute Gasteiger partial charge is 0.519 e. The van der Waals surface area contributed by atoms with Crippen LogP contribution in [0.2, 0.25) is 18.1 Å². The van der Waals surface area contributed by atoms with Crippen molar-refractivity contribution in [2.75, 3.05) is 0 Å². The normalized spacial score (nSPS) is 12.1. The van der Waals surface area contributed by atoms with E-state index in [-0.39, 0.29) is 18.0 Å². The van der Waals surface area contributed by atoms with E-state index in [1.54, 1.807) is 13.0 Å². The molecule has 0 radical (unpaired) electrons. The summed E-state index contributed by atoms with van der Waals surface area (Å²) in [5.41, 5.74) is 0.230. The molecule has 0 aromatic rings. The highest BCUT2D eigenvalue weighted by Crippen LogP contribution is 2.32. The van der Waals surface area contributed by atoms with Gasteiger partial charge in [-0.3, -0.25) is 4.79 Å². The van der Waals surface area contributed by atoms with Crippen molar-refractivity contribution in [3.05, 3.63) is 11.6 Å². The highest BCUT2D eigenvalue weighted by atomic mass is 28.4. The van der Waals surface area contributed by atoms with Crippen molar-refractivity contribution in [2.24, 2.45) is 0 Å². The molecule has 0 aromatic heterocycles. The maximum atomic E-state index is 13.2. The van der Waals surface area contributed by atoms with Gasteiger partial charge >= 0.3 is 5.97 Å². The molecule has 0 aliphatic carbocycles. The van der Waals surface area contributed by atoms with E-state index in [1.807, 2.05) is 0 Å². The summed E-state index contributed by atoms with van der Waals surface area (Å²) < 4.78 is 6.58. The van der Waals surface area contributed by atoms with Crippen LogP contribution < -0.4 is 0 Å². The van der Waals surface area contributed by atoms with E-state index in [1.165, 1.54) is 193 Å². The Hall–Kier alpha value is -1.10. The summed E-state index contributed by atoms with van der Waals surface area (Å²) in [6.45, 7) is 8.40. The lowest BCUT2D eigenvalue weighted by molar-refractivity contribution is -0.134. The zero-order valence-electron chi connectivity index (χ0n) is 32.3. The van der Waals surface area contributed by atoms with E-state index in [0.717, 1.165) is 18.1 Å². The summed E-state index contributed by atoms with van der Waals surface area (Å²) in [5, 5.41) is 9.29. The van der Waals surface area contributed by atoms with Gasteiger partial charge in [-0.25, -0.2) is 4.79 Å².